The SMILES string of the molecule is C#C[C@@]1(N=[N+]=[N-])[C@H](O)[C@@H](COP(O)(=S)OP(=O)(O)OC2OC([C@@H](F)CO)C(O)C(O)C2O)O[C@H]1n1cnc2c(N)ncnc21. The van der Waals surface area contributed by atoms with Crippen molar-refractivity contribution in [2.45, 2.75) is 60.9 Å². The molecule has 0 radical (unpaired) electrons. The molecule has 25 heteroatoms. The summed E-state index contributed by atoms with van der Waals surface area (Å²) in [5.41, 5.74) is 13.0. The third-order valence-corrected chi connectivity index (χ3v) is 10.1. The van der Waals surface area contributed by atoms with Crippen LogP contribution >= 0.6 is 14.5 Å². The predicted octanol–water partition coefficient (Wildman–Crippen LogP) is -2.15. The van der Waals surface area contributed by atoms with E-state index in [0.29, 0.717) is 0 Å². The molecule has 2 aromatic heterocycles. The number of phosphoric acid groups is 1. The lowest BCUT2D eigenvalue weighted by atomic mass is 9.92. The van der Waals surface area contributed by atoms with Gasteiger partial charge in [-0.15, -0.1) is 6.42 Å². The number of terminal acetylenes is 1. The fourth-order valence-electron chi connectivity index (χ4n) is 4.43. The van der Waals surface area contributed by atoms with Crippen molar-refractivity contribution in [3.63, 3.8) is 0 Å². The molecule has 0 saturated carbocycles. The number of aromatic nitrogens is 4. The van der Waals surface area contributed by atoms with E-state index < -0.39 is 88.6 Å². The van der Waals surface area contributed by atoms with Crippen LogP contribution in [0.15, 0.2) is 17.8 Å². The van der Waals surface area contributed by atoms with Crippen LogP contribution in [-0.2, 0) is 39.2 Å². The standard InChI is InChI=1S/C19H25FN8O13P2S/c1-2-19(26-27-22)14(33)8(38-18(19)28-6-25-9-15(21)23-5-24-16(9)28)4-37-43(36,44)41-42(34,35)40-17-12(32)10(30)11(31)13(39-17)7(20)3-29/h1,5-8,10-14,17-18,29-33H,3-4H2,(H,34,35)(H,36,44)(H2,21,23,24)/t7-,8+,10?,11?,12?,13?,14+,17?,18+,19+,43?/m0/s1. The van der Waals surface area contributed by atoms with Gasteiger partial charge < -0.3 is 55.1 Å². The smallest absolute Gasteiger partial charge is 0.393 e. The number of nitrogen functional groups attached to an aromatic ring is 1. The second kappa shape index (κ2) is 13.1. The lowest BCUT2D eigenvalue weighted by molar-refractivity contribution is -0.287. The number of hydrogen-bond donors (Lipinski definition) is 8. The molecule has 2 aliphatic heterocycles. The number of halogens is 1. The normalized spacial score (nSPS) is 35.7. The first kappa shape index (κ1) is 34.4. The molecule has 242 valence electrons. The monoisotopic (exact) mass is 686 g/mol. The first-order chi connectivity index (χ1) is 20.6. The van der Waals surface area contributed by atoms with E-state index in [4.69, 9.17) is 43.1 Å². The second-order valence-corrected chi connectivity index (χ2v) is 13.7. The fourth-order valence-corrected chi connectivity index (χ4v) is 7.53. The summed E-state index contributed by atoms with van der Waals surface area (Å²) < 4.78 is 52.5. The van der Waals surface area contributed by atoms with Gasteiger partial charge in [-0.1, -0.05) is 11.0 Å². The lowest BCUT2D eigenvalue weighted by Gasteiger charge is -2.41. The van der Waals surface area contributed by atoms with Gasteiger partial charge in [0.25, 0.3) is 0 Å². The van der Waals surface area contributed by atoms with Crippen molar-refractivity contribution in [1.82, 2.24) is 19.5 Å². The third kappa shape index (κ3) is 6.57. The minimum Gasteiger partial charge on any atom is -0.393 e. The Labute approximate surface area is 250 Å². The number of anilines is 1. The van der Waals surface area contributed by atoms with Crippen LogP contribution in [0.4, 0.5) is 10.2 Å². The Bertz CT molecular complexity index is 1560. The van der Waals surface area contributed by atoms with Crippen molar-refractivity contribution in [1.29, 1.82) is 0 Å². The number of azide groups is 1. The molecule has 12 atom stereocenters. The summed E-state index contributed by atoms with van der Waals surface area (Å²) in [6.45, 7) is -6.89. The van der Waals surface area contributed by atoms with Gasteiger partial charge in [0.1, 0.15) is 48.5 Å². The van der Waals surface area contributed by atoms with Crippen LogP contribution in [0.3, 0.4) is 0 Å². The Morgan fingerprint density at radius 3 is 2.61 bits per heavy atom. The molecule has 2 saturated heterocycles. The molecule has 2 aromatic rings. The van der Waals surface area contributed by atoms with Gasteiger partial charge in [0.2, 0.25) is 0 Å². The minimum atomic E-state index is -5.57. The molecule has 4 heterocycles. The lowest BCUT2D eigenvalue weighted by Crippen LogP contribution is -2.60. The number of fused-ring (bicyclic) bond motifs is 1. The topological polar surface area (TPSA) is 323 Å². The van der Waals surface area contributed by atoms with Crippen LogP contribution in [0, 0.1) is 12.3 Å². The highest BCUT2D eigenvalue weighted by molar-refractivity contribution is 8.08. The maximum Gasteiger partial charge on any atom is 0.481 e. The highest BCUT2D eigenvalue weighted by Crippen LogP contribution is 2.62. The molecule has 21 nitrogen and oxygen atoms in total. The Hall–Kier alpha value is -2.45. The summed E-state index contributed by atoms with van der Waals surface area (Å²) in [5, 5.41) is 53.4. The molecule has 0 aromatic carbocycles. The highest BCUT2D eigenvalue weighted by atomic mass is 32.5. The number of aliphatic hydroxyl groups is 5. The average Bonchev–Trinajstić information content (AvgIpc) is 3.51. The molecule has 9 N–H and O–H groups in total. The van der Waals surface area contributed by atoms with Crippen LogP contribution in [0.2, 0.25) is 0 Å². The van der Waals surface area contributed by atoms with Crippen LogP contribution < -0.4 is 5.73 Å². The summed E-state index contributed by atoms with van der Waals surface area (Å²) in [7, 11) is -5.57. The van der Waals surface area contributed by atoms with E-state index >= 15 is 0 Å². The largest absolute Gasteiger partial charge is 0.481 e. The zero-order chi connectivity index (χ0) is 32.6. The molecule has 0 aliphatic carbocycles. The first-order valence-corrected chi connectivity index (χ1v) is 16.1. The van der Waals surface area contributed by atoms with Gasteiger partial charge in [0.15, 0.2) is 35.7 Å². The number of aliphatic hydroxyl groups excluding tert-OH is 5. The van der Waals surface area contributed by atoms with Gasteiger partial charge in [-0.3, -0.25) is 9.09 Å². The molecule has 7 unspecified atom stereocenters. The zero-order valence-electron chi connectivity index (χ0n) is 21.8. The number of nitrogens with two attached hydrogens (primary N) is 1. The number of alkyl halides is 1. The number of hydrogen-bond acceptors (Lipinski definition) is 17. The van der Waals surface area contributed by atoms with Crippen molar-refractivity contribution >= 4 is 43.3 Å². The number of nitrogens with zero attached hydrogens (tertiary/aromatic N) is 7. The number of imidazole rings is 1. The quantitative estimate of drug-likeness (QED) is 0.0411. The molecular formula is C19H25FN8O13P2S. The summed E-state index contributed by atoms with van der Waals surface area (Å²) in [4.78, 5) is 35.2. The summed E-state index contributed by atoms with van der Waals surface area (Å²) in [6.07, 6.45) is -10.1. The fraction of sp³-hybridized carbons (Fsp3) is 0.632. The van der Waals surface area contributed by atoms with Gasteiger partial charge in [-0.05, 0) is 17.3 Å². The van der Waals surface area contributed by atoms with E-state index in [9.17, 15) is 44.7 Å². The molecule has 4 rings (SSSR count). The first-order valence-electron chi connectivity index (χ1n) is 12.1. The minimum absolute atomic E-state index is 0.0127. The predicted molar refractivity (Wildman–Crippen MR) is 143 cm³/mol. The van der Waals surface area contributed by atoms with Crippen molar-refractivity contribution in [2.75, 3.05) is 18.9 Å². The van der Waals surface area contributed by atoms with Crippen LogP contribution in [-0.4, -0.2) is 123 Å². The van der Waals surface area contributed by atoms with Crippen molar-refractivity contribution in [3.05, 3.63) is 23.1 Å². The Morgan fingerprint density at radius 1 is 1.27 bits per heavy atom. The maximum atomic E-state index is 14.0. The molecule has 44 heavy (non-hydrogen) atoms. The van der Waals surface area contributed by atoms with Crippen LogP contribution in [0.1, 0.15) is 6.23 Å². The molecule has 0 amide bonds. The Kier molecular flexibility index (Phi) is 10.3. The van der Waals surface area contributed by atoms with Crippen LogP contribution in [0.25, 0.3) is 21.6 Å². The molecule has 2 fully saturated rings. The van der Waals surface area contributed by atoms with E-state index in [-0.39, 0.29) is 17.0 Å². The van der Waals surface area contributed by atoms with Crippen molar-refractivity contribution in [2.24, 2.45) is 5.11 Å². The molecule has 2 aliphatic rings. The number of phosphoric ester groups is 1. The van der Waals surface area contributed by atoms with Gasteiger partial charge in [-0.2, -0.15) is 0 Å². The van der Waals surface area contributed by atoms with Gasteiger partial charge in [-0.25, -0.2) is 28.2 Å². The summed E-state index contributed by atoms with van der Waals surface area (Å²) in [6, 6.07) is 0. The van der Waals surface area contributed by atoms with Gasteiger partial charge >= 0.3 is 14.5 Å². The molecule has 0 bridgehead atoms. The van der Waals surface area contributed by atoms with Gasteiger partial charge in [0.05, 0.1) is 19.5 Å². The van der Waals surface area contributed by atoms with E-state index in [1.807, 2.05) is 0 Å². The van der Waals surface area contributed by atoms with E-state index in [0.717, 1.165) is 6.33 Å². The van der Waals surface area contributed by atoms with E-state index in [1.54, 1.807) is 0 Å². The highest BCUT2D eigenvalue weighted by Gasteiger charge is 2.57. The van der Waals surface area contributed by atoms with Gasteiger partial charge in [0, 0.05) is 4.91 Å². The second-order valence-electron chi connectivity index (χ2n) is 9.27. The molecular weight excluding hydrogens is 661 g/mol. The van der Waals surface area contributed by atoms with Crippen molar-refractivity contribution < 1.29 is 67.1 Å². The zero-order valence-corrected chi connectivity index (χ0v) is 24.4. The maximum absolute atomic E-state index is 14.0. The van der Waals surface area contributed by atoms with E-state index in [2.05, 4.69) is 39.7 Å². The molecule has 0 spiro atoms. The van der Waals surface area contributed by atoms with Crippen LogP contribution in [0.5, 0.6) is 0 Å². The summed E-state index contributed by atoms with van der Waals surface area (Å²) in [5.74, 6) is 2.16. The number of ether oxygens (including phenoxy) is 2. The Balaban J connectivity index is 1.49. The van der Waals surface area contributed by atoms with Crippen molar-refractivity contribution in [3.8, 4) is 12.3 Å². The number of rotatable bonds is 11. The average molecular weight is 686 g/mol. The summed E-state index contributed by atoms with van der Waals surface area (Å²) >= 11 is 4.73. The van der Waals surface area contributed by atoms with E-state index in [1.165, 1.54) is 10.9 Å². The third-order valence-electron chi connectivity index (χ3n) is 6.55. The Morgan fingerprint density at radius 2 is 1.98 bits per heavy atom.